The highest BCUT2D eigenvalue weighted by Gasteiger charge is 2.44. The number of aromatic nitrogens is 2. The van der Waals surface area contributed by atoms with Gasteiger partial charge in [-0.2, -0.15) is 0 Å². The molecule has 0 saturated heterocycles. The first-order valence-corrected chi connectivity index (χ1v) is 10.1. The number of aliphatic imine (C=N–C) groups is 1. The summed E-state index contributed by atoms with van der Waals surface area (Å²) in [6, 6.07) is 1.71. The average Bonchev–Trinajstić information content (AvgIpc) is 2.68. The smallest absolute Gasteiger partial charge is 0.240 e. The fourth-order valence-corrected chi connectivity index (χ4v) is 4.19. The quantitative estimate of drug-likeness (QED) is 0.715. The Kier molecular flexibility index (Phi) is 5.49. The van der Waals surface area contributed by atoms with Gasteiger partial charge in [0, 0.05) is 12.6 Å². The van der Waals surface area contributed by atoms with Crippen LogP contribution in [0.3, 0.4) is 0 Å². The number of guanidine groups is 1. The molecule has 1 aromatic heterocycles. The molecule has 3 rings (SSSR count). The van der Waals surface area contributed by atoms with Crippen molar-refractivity contribution in [3.63, 3.8) is 0 Å². The number of nitrogens with zero attached hydrogens (tertiary/aromatic N) is 4. The van der Waals surface area contributed by atoms with E-state index in [2.05, 4.69) is 20.9 Å². The summed E-state index contributed by atoms with van der Waals surface area (Å²) in [6.07, 6.45) is 8.48. The van der Waals surface area contributed by atoms with Gasteiger partial charge < -0.3 is 5.73 Å². The Balaban J connectivity index is 2.17. The van der Waals surface area contributed by atoms with E-state index in [4.69, 9.17) is 23.8 Å². The maximum Gasteiger partial charge on any atom is 0.240 e. The van der Waals surface area contributed by atoms with E-state index in [1.807, 2.05) is 0 Å². The largest absolute Gasteiger partial charge is 0.369 e. The first kappa shape index (κ1) is 21.6. The van der Waals surface area contributed by atoms with Gasteiger partial charge >= 0.3 is 0 Å². The Bertz CT molecular complexity index is 1230. The van der Waals surface area contributed by atoms with Gasteiger partial charge in [0.1, 0.15) is 16.6 Å². The molecule has 1 aromatic carbocycles. The number of nitrogens with two attached hydrogens (primary N) is 1. The second kappa shape index (κ2) is 7.62. The Morgan fingerprint density at radius 2 is 2.07 bits per heavy atom. The van der Waals surface area contributed by atoms with Gasteiger partial charge in [0.15, 0.2) is 23.0 Å². The van der Waals surface area contributed by atoms with Crippen molar-refractivity contribution in [3.8, 4) is 12.3 Å². The SMILES string of the molecule is C#C[C@@]1(c2cc(/C=C(\F)c3cnc(Cl)cn3)cc(F)c2F)CS(=O)(=O)N(C)C(N)=N1. The lowest BCUT2D eigenvalue weighted by Gasteiger charge is -2.33. The van der Waals surface area contributed by atoms with Gasteiger partial charge in [-0.05, 0) is 23.8 Å². The van der Waals surface area contributed by atoms with Crippen LogP contribution in [0.4, 0.5) is 13.2 Å². The minimum absolute atomic E-state index is 0.0385. The highest BCUT2D eigenvalue weighted by atomic mass is 35.5. The van der Waals surface area contributed by atoms with Crippen molar-refractivity contribution >= 4 is 39.5 Å². The lowest BCUT2D eigenvalue weighted by Crippen LogP contribution is -2.51. The third-order valence-electron chi connectivity index (χ3n) is 4.33. The molecule has 1 aliphatic heterocycles. The monoisotopic (exact) mass is 455 g/mol. The molecule has 156 valence electrons. The maximum atomic E-state index is 14.6. The van der Waals surface area contributed by atoms with Crippen LogP contribution >= 0.6 is 11.6 Å². The number of halogens is 4. The molecule has 0 saturated carbocycles. The molecular weight excluding hydrogens is 443 g/mol. The molecule has 30 heavy (non-hydrogen) atoms. The van der Waals surface area contributed by atoms with Gasteiger partial charge in [0.05, 0.1) is 12.4 Å². The van der Waals surface area contributed by atoms with Gasteiger partial charge in [-0.3, -0.25) is 0 Å². The number of benzene rings is 1. The molecule has 0 aliphatic carbocycles. The second-order valence-corrected chi connectivity index (χ2v) is 8.67. The van der Waals surface area contributed by atoms with Crippen LogP contribution in [0.1, 0.15) is 16.8 Å². The molecule has 0 amide bonds. The van der Waals surface area contributed by atoms with Crippen molar-refractivity contribution in [3.05, 3.63) is 58.1 Å². The zero-order chi connectivity index (χ0) is 22.3. The molecule has 2 N–H and O–H groups in total. The summed E-state index contributed by atoms with van der Waals surface area (Å²) in [5.74, 6) is -2.99. The topological polar surface area (TPSA) is 102 Å². The van der Waals surface area contributed by atoms with E-state index in [0.717, 1.165) is 31.6 Å². The molecule has 1 atom stereocenters. The lowest BCUT2D eigenvalue weighted by molar-refractivity contribution is 0.463. The van der Waals surface area contributed by atoms with E-state index >= 15 is 0 Å². The van der Waals surface area contributed by atoms with E-state index in [-0.39, 0.29) is 16.4 Å². The molecule has 2 aromatic rings. The van der Waals surface area contributed by atoms with Crippen molar-refractivity contribution in [2.24, 2.45) is 10.7 Å². The number of rotatable bonds is 3. The molecule has 7 nitrogen and oxygen atoms in total. The number of terminal acetylenes is 1. The maximum absolute atomic E-state index is 14.6. The third kappa shape index (κ3) is 3.83. The Morgan fingerprint density at radius 1 is 1.37 bits per heavy atom. The predicted molar refractivity (Wildman–Crippen MR) is 106 cm³/mol. The van der Waals surface area contributed by atoms with Crippen LogP contribution in [0.5, 0.6) is 0 Å². The first-order chi connectivity index (χ1) is 14.0. The molecule has 2 heterocycles. The van der Waals surface area contributed by atoms with E-state index in [0.29, 0.717) is 10.4 Å². The van der Waals surface area contributed by atoms with E-state index in [9.17, 15) is 21.6 Å². The van der Waals surface area contributed by atoms with Gasteiger partial charge in [0.2, 0.25) is 16.0 Å². The molecule has 0 unspecified atom stereocenters. The molecule has 1 aliphatic rings. The predicted octanol–water partition coefficient (Wildman–Crippen LogP) is 2.29. The number of hydrogen-bond acceptors (Lipinski definition) is 6. The minimum atomic E-state index is -4.07. The normalized spacial score (nSPS) is 21.1. The van der Waals surface area contributed by atoms with Crippen LogP contribution in [0.25, 0.3) is 11.9 Å². The van der Waals surface area contributed by atoms with Crippen LogP contribution in [-0.2, 0) is 15.6 Å². The fourth-order valence-electron chi connectivity index (χ4n) is 2.74. The number of sulfonamides is 1. The second-order valence-electron chi connectivity index (χ2n) is 6.28. The van der Waals surface area contributed by atoms with Crippen LogP contribution in [0.15, 0.2) is 29.5 Å². The summed E-state index contributed by atoms with van der Waals surface area (Å²) >= 11 is 5.60. The van der Waals surface area contributed by atoms with Crippen LogP contribution < -0.4 is 5.73 Å². The van der Waals surface area contributed by atoms with E-state index in [1.165, 1.54) is 0 Å². The molecular formula is C18H13ClF3N5O2S. The standard InChI is InChI=1S/C18H13ClF3N5O2S/c1-3-18(9-30(28,29)27(2)17(23)26-18)11-4-10(6-13(21)16(11)22)5-12(20)14-7-25-15(19)8-24-14/h1,4-8H,9H2,2H3,(H2,23,26)/b12-5-/t18-/m0/s1. The van der Waals surface area contributed by atoms with Crippen LogP contribution in [0.2, 0.25) is 5.15 Å². The zero-order valence-electron chi connectivity index (χ0n) is 15.3. The lowest BCUT2D eigenvalue weighted by atomic mass is 9.91. The molecule has 0 spiro atoms. The highest BCUT2D eigenvalue weighted by molar-refractivity contribution is 7.89. The summed E-state index contributed by atoms with van der Waals surface area (Å²) < 4.78 is 68.8. The van der Waals surface area contributed by atoms with Gasteiger partial charge in [0.25, 0.3) is 0 Å². The van der Waals surface area contributed by atoms with Crippen molar-refractivity contribution in [1.82, 2.24) is 14.3 Å². The molecule has 0 radical (unpaired) electrons. The van der Waals surface area contributed by atoms with E-state index < -0.39 is 50.3 Å². The third-order valence-corrected chi connectivity index (χ3v) is 6.33. The van der Waals surface area contributed by atoms with Crippen molar-refractivity contribution in [2.45, 2.75) is 5.54 Å². The summed E-state index contributed by atoms with van der Waals surface area (Å²) in [6.45, 7) is 0. The van der Waals surface area contributed by atoms with Crippen molar-refractivity contribution in [2.75, 3.05) is 12.8 Å². The Hall–Kier alpha value is -3.10. The zero-order valence-corrected chi connectivity index (χ0v) is 16.8. The van der Waals surface area contributed by atoms with Crippen LogP contribution in [0, 0.1) is 24.0 Å². The van der Waals surface area contributed by atoms with Gasteiger partial charge in [-0.1, -0.05) is 17.5 Å². The average molecular weight is 456 g/mol. The van der Waals surface area contributed by atoms with Crippen molar-refractivity contribution in [1.29, 1.82) is 0 Å². The Labute approximate surface area is 175 Å². The summed E-state index contributed by atoms with van der Waals surface area (Å²) in [4.78, 5) is 11.3. The van der Waals surface area contributed by atoms with Gasteiger partial charge in [-0.25, -0.2) is 40.9 Å². The fraction of sp³-hybridized carbons (Fsp3) is 0.167. The minimum Gasteiger partial charge on any atom is -0.369 e. The first-order valence-electron chi connectivity index (χ1n) is 8.13. The van der Waals surface area contributed by atoms with Crippen molar-refractivity contribution < 1.29 is 21.6 Å². The Morgan fingerprint density at radius 3 is 2.63 bits per heavy atom. The molecule has 0 bridgehead atoms. The molecule has 12 heteroatoms. The number of hydrogen-bond donors (Lipinski definition) is 1. The highest BCUT2D eigenvalue weighted by Crippen LogP contribution is 2.35. The van der Waals surface area contributed by atoms with Crippen LogP contribution in [-0.4, -0.2) is 41.5 Å². The summed E-state index contributed by atoms with van der Waals surface area (Å²) in [5, 5.41) is 0.0385. The summed E-state index contributed by atoms with van der Waals surface area (Å²) in [5.41, 5.74) is 2.55. The van der Waals surface area contributed by atoms with Gasteiger partial charge in [-0.15, -0.1) is 6.42 Å². The summed E-state index contributed by atoms with van der Waals surface area (Å²) in [7, 11) is -2.92. The molecule has 0 fully saturated rings. The van der Waals surface area contributed by atoms with E-state index in [1.54, 1.807) is 0 Å².